The van der Waals surface area contributed by atoms with Gasteiger partial charge in [-0.05, 0) is 85.4 Å². The molecule has 6 unspecified atom stereocenters. The summed E-state index contributed by atoms with van der Waals surface area (Å²) in [6.45, 7) is 6.90. The molecule has 4 nitrogen and oxygen atoms in total. The Labute approximate surface area is 169 Å². The van der Waals surface area contributed by atoms with E-state index in [1.807, 2.05) is 0 Å². The molecule has 9 atom stereocenters. The van der Waals surface area contributed by atoms with Crippen LogP contribution in [0.15, 0.2) is 0 Å². The molecule has 158 valence electrons. The maximum absolute atomic E-state index is 13.4. The SMILES string of the molecule is CC(CC(=O)O)C1CCC2C3C(=O)CC4C[C@H](O)CC[C@]4(C)C3CCC[C@]12C. The standard InChI is InChI=1S/C24H38O4/c1-14(11-21(27)28)17-6-7-19-22-18(5-4-9-24(17,19)3)23(2)10-8-16(25)12-15(23)13-20(22)26/h14-19,22,25H,4-13H2,1-3H3,(H,27,28)/t14?,15?,16-,17?,18?,19?,22?,23+,24-/m1/s1. The number of fused-ring (bicyclic) bond motifs is 5. The molecule has 0 radical (unpaired) electrons. The van der Waals surface area contributed by atoms with Crippen LogP contribution in [-0.4, -0.2) is 28.1 Å². The summed E-state index contributed by atoms with van der Waals surface area (Å²) in [5.74, 6) is 1.71. The van der Waals surface area contributed by atoms with Gasteiger partial charge in [-0.15, -0.1) is 0 Å². The van der Waals surface area contributed by atoms with Crippen LogP contribution >= 0.6 is 0 Å². The molecule has 4 heteroatoms. The highest BCUT2D eigenvalue weighted by Crippen LogP contribution is 2.66. The molecular formula is C24H38O4. The van der Waals surface area contributed by atoms with Crippen molar-refractivity contribution in [1.29, 1.82) is 0 Å². The minimum Gasteiger partial charge on any atom is -0.481 e. The van der Waals surface area contributed by atoms with E-state index < -0.39 is 5.97 Å². The number of hydrogen-bond acceptors (Lipinski definition) is 3. The van der Waals surface area contributed by atoms with Crippen LogP contribution in [-0.2, 0) is 9.59 Å². The number of Topliss-reactive ketones (excluding diaryl/α,β-unsaturated/α-hetero) is 1. The van der Waals surface area contributed by atoms with E-state index in [1.54, 1.807) is 0 Å². The predicted octanol–water partition coefficient (Wildman–Crippen LogP) is 4.69. The molecule has 0 heterocycles. The fraction of sp³-hybridized carbons (Fsp3) is 0.917. The lowest BCUT2D eigenvalue weighted by molar-refractivity contribution is -0.149. The predicted molar refractivity (Wildman–Crippen MR) is 108 cm³/mol. The highest BCUT2D eigenvalue weighted by Gasteiger charge is 2.61. The zero-order valence-corrected chi connectivity index (χ0v) is 17.8. The first-order valence-corrected chi connectivity index (χ1v) is 11.6. The first kappa shape index (κ1) is 20.4. The summed E-state index contributed by atoms with van der Waals surface area (Å²) in [6.07, 6.45) is 8.97. The molecule has 0 aliphatic heterocycles. The van der Waals surface area contributed by atoms with Gasteiger partial charge in [0.05, 0.1) is 6.10 Å². The van der Waals surface area contributed by atoms with Gasteiger partial charge in [0.25, 0.3) is 0 Å². The summed E-state index contributed by atoms with van der Waals surface area (Å²) in [4.78, 5) is 24.8. The maximum atomic E-state index is 13.4. The van der Waals surface area contributed by atoms with E-state index in [0.29, 0.717) is 35.9 Å². The zero-order valence-electron chi connectivity index (χ0n) is 17.8. The third-order valence-electron chi connectivity index (χ3n) is 9.94. The van der Waals surface area contributed by atoms with E-state index in [-0.39, 0.29) is 35.2 Å². The van der Waals surface area contributed by atoms with E-state index in [4.69, 9.17) is 0 Å². The van der Waals surface area contributed by atoms with Crippen molar-refractivity contribution in [3.8, 4) is 0 Å². The molecule has 0 saturated heterocycles. The highest BCUT2D eigenvalue weighted by molar-refractivity contribution is 5.83. The molecule has 2 N–H and O–H groups in total. The first-order chi connectivity index (χ1) is 13.2. The van der Waals surface area contributed by atoms with Crippen molar-refractivity contribution in [2.45, 2.75) is 91.1 Å². The summed E-state index contributed by atoms with van der Waals surface area (Å²) in [5.41, 5.74) is 0.287. The second kappa shape index (κ2) is 7.11. The summed E-state index contributed by atoms with van der Waals surface area (Å²) in [7, 11) is 0. The summed E-state index contributed by atoms with van der Waals surface area (Å²) >= 11 is 0. The monoisotopic (exact) mass is 390 g/mol. The Morgan fingerprint density at radius 3 is 2.54 bits per heavy atom. The van der Waals surface area contributed by atoms with Crippen LogP contribution in [0.4, 0.5) is 0 Å². The molecule has 4 rings (SSSR count). The van der Waals surface area contributed by atoms with E-state index in [9.17, 15) is 19.8 Å². The minimum atomic E-state index is -0.698. The number of aliphatic carboxylic acids is 1. The van der Waals surface area contributed by atoms with E-state index >= 15 is 0 Å². The first-order valence-electron chi connectivity index (χ1n) is 11.6. The largest absolute Gasteiger partial charge is 0.481 e. The molecular weight excluding hydrogens is 352 g/mol. The van der Waals surface area contributed by atoms with Gasteiger partial charge in [0.2, 0.25) is 0 Å². The molecule has 0 aromatic heterocycles. The number of aliphatic hydroxyl groups is 1. The Hall–Kier alpha value is -0.900. The fourth-order valence-corrected chi connectivity index (χ4v) is 8.54. The van der Waals surface area contributed by atoms with Gasteiger partial charge in [-0.3, -0.25) is 9.59 Å². The van der Waals surface area contributed by atoms with Crippen molar-refractivity contribution >= 4 is 11.8 Å². The molecule has 4 aliphatic carbocycles. The Balaban J connectivity index is 1.65. The van der Waals surface area contributed by atoms with Gasteiger partial charge < -0.3 is 10.2 Å². The van der Waals surface area contributed by atoms with Crippen molar-refractivity contribution in [2.75, 3.05) is 0 Å². The van der Waals surface area contributed by atoms with Gasteiger partial charge in [-0.2, -0.15) is 0 Å². The Morgan fingerprint density at radius 1 is 1.11 bits per heavy atom. The van der Waals surface area contributed by atoms with Crippen molar-refractivity contribution in [1.82, 2.24) is 0 Å². The lowest BCUT2D eigenvalue weighted by atomic mass is 9.48. The maximum Gasteiger partial charge on any atom is 0.303 e. The van der Waals surface area contributed by atoms with Gasteiger partial charge in [0.1, 0.15) is 5.78 Å². The topological polar surface area (TPSA) is 74.6 Å². The quantitative estimate of drug-likeness (QED) is 0.733. The van der Waals surface area contributed by atoms with Crippen LogP contribution < -0.4 is 0 Å². The van der Waals surface area contributed by atoms with Crippen LogP contribution in [0.1, 0.15) is 85.0 Å². The normalized spacial score (nSPS) is 49.5. The Kier molecular flexibility index (Phi) is 5.17. The molecule has 4 fully saturated rings. The van der Waals surface area contributed by atoms with Gasteiger partial charge in [0, 0.05) is 18.8 Å². The van der Waals surface area contributed by atoms with Gasteiger partial charge in [0.15, 0.2) is 0 Å². The van der Waals surface area contributed by atoms with E-state index in [1.165, 1.54) is 0 Å². The number of carbonyl (C=O) groups is 2. The van der Waals surface area contributed by atoms with Crippen molar-refractivity contribution in [3.05, 3.63) is 0 Å². The Morgan fingerprint density at radius 2 is 1.82 bits per heavy atom. The molecule has 4 aliphatic rings. The minimum absolute atomic E-state index is 0.0985. The zero-order chi connectivity index (χ0) is 20.3. The summed E-state index contributed by atoms with van der Waals surface area (Å²) in [6, 6.07) is 0. The van der Waals surface area contributed by atoms with Gasteiger partial charge in [-0.1, -0.05) is 27.2 Å². The van der Waals surface area contributed by atoms with Gasteiger partial charge >= 0.3 is 5.97 Å². The van der Waals surface area contributed by atoms with Gasteiger partial charge in [-0.25, -0.2) is 0 Å². The number of carbonyl (C=O) groups excluding carboxylic acids is 1. The van der Waals surface area contributed by atoms with E-state index in [0.717, 1.165) is 51.4 Å². The lowest BCUT2D eigenvalue weighted by Gasteiger charge is -2.55. The van der Waals surface area contributed by atoms with Crippen LogP contribution in [0, 0.1) is 46.3 Å². The molecule has 28 heavy (non-hydrogen) atoms. The van der Waals surface area contributed by atoms with E-state index in [2.05, 4.69) is 20.8 Å². The van der Waals surface area contributed by atoms with Crippen molar-refractivity contribution in [3.63, 3.8) is 0 Å². The third kappa shape index (κ3) is 3.05. The fourth-order valence-electron chi connectivity index (χ4n) is 8.54. The molecule has 0 amide bonds. The molecule has 0 spiro atoms. The second-order valence-corrected chi connectivity index (χ2v) is 11.2. The lowest BCUT2D eigenvalue weighted by Crippen LogP contribution is -2.53. The molecule has 0 bridgehead atoms. The summed E-state index contributed by atoms with van der Waals surface area (Å²) in [5, 5.41) is 19.5. The smallest absolute Gasteiger partial charge is 0.303 e. The average Bonchev–Trinajstić information content (AvgIpc) is 2.85. The third-order valence-corrected chi connectivity index (χ3v) is 9.94. The van der Waals surface area contributed by atoms with Crippen LogP contribution in [0.5, 0.6) is 0 Å². The number of ketones is 1. The number of hydrogen-bond donors (Lipinski definition) is 2. The number of rotatable bonds is 3. The number of carboxylic acids is 1. The second-order valence-electron chi connectivity index (χ2n) is 11.2. The summed E-state index contributed by atoms with van der Waals surface area (Å²) < 4.78 is 0. The van der Waals surface area contributed by atoms with Crippen molar-refractivity contribution < 1.29 is 19.8 Å². The molecule has 0 aromatic rings. The molecule has 4 saturated carbocycles. The number of carboxylic acid groups (broad SMARTS) is 1. The number of aliphatic hydroxyl groups excluding tert-OH is 1. The van der Waals surface area contributed by atoms with Crippen LogP contribution in [0.25, 0.3) is 0 Å². The Bertz CT molecular complexity index is 645. The molecule has 0 aromatic carbocycles. The van der Waals surface area contributed by atoms with Crippen LogP contribution in [0.2, 0.25) is 0 Å². The van der Waals surface area contributed by atoms with Crippen molar-refractivity contribution in [2.24, 2.45) is 46.3 Å². The van der Waals surface area contributed by atoms with Crippen LogP contribution in [0.3, 0.4) is 0 Å². The average molecular weight is 391 g/mol. The highest BCUT2D eigenvalue weighted by atomic mass is 16.4.